The first-order valence-electron chi connectivity index (χ1n) is 6.00. The van der Waals surface area contributed by atoms with E-state index in [0.717, 1.165) is 7.11 Å². The lowest BCUT2D eigenvalue weighted by atomic mass is 10.2. The summed E-state index contributed by atoms with van der Waals surface area (Å²) in [5.41, 5.74) is -1.23. The minimum absolute atomic E-state index is 0.0622. The third-order valence-corrected chi connectivity index (χ3v) is 4.13. The molecule has 0 amide bonds. The molecular weight excluding hydrogens is 316 g/mol. The maximum absolute atomic E-state index is 13.8. The molecule has 2 aromatic rings. The molecule has 0 aliphatic rings. The van der Waals surface area contributed by atoms with Crippen molar-refractivity contribution in [2.45, 2.75) is 4.90 Å². The van der Waals surface area contributed by atoms with E-state index in [2.05, 4.69) is 4.74 Å². The first kappa shape index (κ1) is 15.9. The standard InChI is InChI=1S/C14H11F2NO4S/c1-21-14(18)13-11(15)7-9(8-12(13)16)17-22(19,20)10-5-3-2-4-6-10/h2-8,17H,1H3. The molecule has 0 atom stereocenters. The van der Waals surface area contributed by atoms with Gasteiger partial charge in [-0.05, 0) is 24.3 Å². The molecule has 0 aliphatic heterocycles. The molecule has 2 aromatic carbocycles. The van der Waals surface area contributed by atoms with E-state index in [9.17, 15) is 22.0 Å². The zero-order valence-corrected chi connectivity index (χ0v) is 12.2. The van der Waals surface area contributed by atoms with Gasteiger partial charge in [-0.1, -0.05) is 18.2 Å². The Kier molecular flexibility index (Phi) is 4.41. The highest BCUT2D eigenvalue weighted by atomic mass is 32.2. The Morgan fingerprint density at radius 1 is 1.09 bits per heavy atom. The largest absolute Gasteiger partial charge is 0.465 e. The van der Waals surface area contributed by atoms with Crippen LogP contribution in [0, 0.1) is 11.6 Å². The monoisotopic (exact) mass is 327 g/mol. The van der Waals surface area contributed by atoms with E-state index in [1.807, 2.05) is 4.72 Å². The van der Waals surface area contributed by atoms with Crippen LogP contribution in [0.15, 0.2) is 47.4 Å². The van der Waals surface area contributed by atoms with Gasteiger partial charge in [-0.2, -0.15) is 0 Å². The van der Waals surface area contributed by atoms with Gasteiger partial charge in [0.05, 0.1) is 17.7 Å². The number of hydrogen-bond acceptors (Lipinski definition) is 4. The van der Waals surface area contributed by atoms with E-state index in [1.54, 1.807) is 6.07 Å². The Labute approximate surface area is 125 Å². The summed E-state index contributed by atoms with van der Waals surface area (Å²) in [4.78, 5) is 11.2. The van der Waals surface area contributed by atoms with Gasteiger partial charge >= 0.3 is 5.97 Å². The molecule has 5 nitrogen and oxygen atoms in total. The van der Waals surface area contributed by atoms with Crippen LogP contribution < -0.4 is 4.72 Å². The fourth-order valence-corrected chi connectivity index (χ4v) is 2.80. The fraction of sp³-hybridized carbons (Fsp3) is 0.0714. The van der Waals surface area contributed by atoms with Crippen molar-refractivity contribution in [3.05, 3.63) is 59.7 Å². The van der Waals surface area contributed by atoms with Gasteiger partial charge in [0.1, 0.15) is 17.2 Å². The van der Waals surface area contributed by atoms with E-state index in [0.29, 0.717) is 12.1 Å². The summed E-state index contributed by atoms with van der Waals surface area (Å²) in [6, 6.07) is 8.72. The fourth-order valence-electron chi connectivity index (χ4n) is 1.74. The van der Waals surface area contributed by atoms with E-state index in [1.165, 1.54) is 24.3 Å². The molecule has 0 fully saturated rings. The van der Waals surface area contributed by atoms with Crippen LogP contribution in [0.3, 0.4) is 0 Å². The molecule has 0 radical (unpaired) electrons. The van der Waals surface area contributed by atoms with Crippen LogP contribution in [0.1, 0.15) is 10.4 Å². The van der Waals surface area contributed by atoms with Gasteiger partial charge in [0.2, 0.25) is 0 Å². The zero-order chi connectivity index (χ0) is 16.3. The number of methoxy groups -OCH3 is 1. The van der Waals surface area contributed by atoms with Crippen molar-refractivity contribution in [1.29, 1.82) is 0 Å². The van der Waals surface area contributed by atoms with Gasteiger partial charge in [-0.3, -0.25) is 4.72 Å². The molecule has 0 bridgehead atoms. The molecule has 0 aromatic heterocycles. The predicted octanol–water partition coefficient (Wildman–Crippen LogP) is 2.55. The number of ether oxygens (including phenoxy) is 1. The van der Waals surface area contributed by atoms with Gasteiger partial charge in [0.15, 0.2) is 0 Å². The average Bonchev–Trinajstić information content (AvgIpc) is 2.46. The summed E-state index contributed by atoms with van der Waals surface area (Å²) in [5.74, 6) is -3.64. The molecule has 1 N–H and O–H groups in total. The van der Waals surface area contributed by atoms with Crippen molar-refractivity contribution < 1.29 is 26.7 Å². The third-order valence-electron chi connectivity index (χ3n) is 2.74. The number of benzene rings is 2. The predicted molar refractivity (Wildman–Crippen MR) is 74.9 cm³/mol. The normalized spacial score (nSPS) is 11.0. The summed E-state index contributed by atoms with van der Waals surface area (Å²) in [7, 11) is -3.01. The summed E-state index contributed by atoms with van der Waals surface area (Å²) >= 11 is 0. The summed E-state index contributed by atoms with van der Waals surface area (Å²) in [5, 5.41) is 0. The highest BCUT2D eigenvalue weighted by Crippen LogP contribution is 2.22. The summed E-state index contributed by atoms with van der Waals surface area (Å²) in [6.07, 6.45) is 0. The molecule has 0 unspecified atom stereocenters. The molecule has 0 heterocycles. The first-order chi connectivity index (χ1) is 10.3. The Bertz CT molecular complexity index is 784. The zero-order valence-electron chi connectivity index (χ0n) is 11.3. The average molecular weight is 327 g/mol. The third kappa shape index (κ3) is 3.22. The van der Waals surface area contributed by atoms with Crippen LogP contribution in [0.5, 0.6) is 0 Å². The lowest BCUT2D eigenvalue weighted by molar-refractivity contribution is 0.0590. The van der Waals surface area contributed by atoms with Gasteiger partial charge < -0.3 is 4.74 Å². The van der Waals surface area contributed by atoms with E-state index in [-0.39, 0.29) is 10.6 Å². The molecule has 0 spiro atoms. The number of hydrogen-bond donors (Lipinski definition) is 1. The lowest BCUT2D eigenvalue weighted by Crippen LogP contribution is -2.14. The molecule has 2 rings (SSSR count). The number of nitrogens with one attached hydrogen (secondary N) is 1. The Morgan fingerprint density at radius 2 is 1.64 bits per heavy atom. The number of carbonyl (C=O) groups excluding carboxylic acids is 1. The topological polar surface area (TPSA) is 72.5 Å². The van der Waals surface area contributed by atoms with E-state index in [4.69, 9.17) is 0 Å². The molecule has 0 saturated carbocycles. The van der Waals surface area contributed by atoms with Crippen LogP contribution in [-0.4, -0.2) is 21.5 Å². The van der Waals surface area contributed by atoms with E-state index >= 15 is 0 Å². The molecule has 116 valence electrons. The van der Waals surface area contributed by atoms with Crippen LogP contribution in [0.2, 0.25) is 0 Å². The van der Waals surface area contributed by atoms with Crippen molar-refractivity contribution in [1.82, 2.24) is 0 Å². The van der Waals surface area contributed by atoms with Crippen LogP contribution >= 0.6 is 0 Å². The second-order valence-electron chi connectivity index (χ2n) is 4.23. The summed E-state index contributed by atoms with van der Waals surface area (Å²) in [6.45, 7) is 0. The lowest BCUT2D eigenvalue weighted by Gasteiger charge is -2.10. The van der Waals surface area contributed by atoms with Gasteiger partial charge in [-0.25, -0.2) is 22.0 Å². The highest BCUT2D eigenvalue weighted by Gasteiger charge is 2.21. The SMILES string of the molecule is COC(=O)c1c(F)cc(NS(=O)(=O)c2ccccc2)cc1F. The highest BCUT2D eigenvalue weighted by molar-refractivity contribution is 7.92. The second kappa shape index (κ2) is 6.10. The van der Waals surface area contributed by atoms with Crippen molar-refractivity contribution >= 4 is 21.7 Å². The number of carbonyl (C=O) groups is 1. The van der Waals surface area contributed by atoms with Gasteiger partial charge in [-0.15, -0.1) is 0 Å². The number of anilines is 1. The Balaban J connectivity index is 2.38. The smallest absolute Gasteiger partial charge is 0.343 e. The number of rotatable bonds is 4. The van der Waals surface area contributed by atoms with Gasteiger partial charge in [0, 0.05) is 0 Å². The van der Waals surface area contributed by atoms with Crippen LogP contribution in [-0.2, 0) is 14.8 Å². The van der Waals surface area contributed by atoms with Crippen molar-refractivity contribution in [3.63, 3.8) is 0 Å². The van der Waals surface area contributed by atoms with E-state index < -0.39 is 33.2 Å². The van der Waals surface area contributed by atoms with Crippen molar-refractivity contribution in [3.8, 4) is 0 Å². The maximum atomic E-state index is 13.8. The Hall–Kier alpha value is -2.48. The van der Waals surface area contributed by atoms with Crippen LogP contribution in [0.4, 0.5) is 14.5 Å². The van der Waals surface area contributed by atoms with Gasteiger partial charge in [0.25, 0.3) is 10.0 Å². The number of esters is 1. The molecular formula is C14H11F2NO4S. The molecule has 8 heteroatoms. The Morgan fingerprint density at radius 3 is 2.14 bits per heavy atom. The second-order valence-corrected chi connectivity index (χ2v) is 5.91. The molecule has 0 aliphatic carbocycles. The molecule has 0 saturated heterocycles. The van der Waals surface area contributed by atoms with Crippen molar-refractivity contribution in [2.24, 2.45) is 0 Å². The molecule has 22 heavy (non-hydrogen) atoms. The first-order valence-corrected chi connectivity index (χ1v) is 7.48. The van der Waals surface area contributed by atoms with Crippen molar-refractivity contribution in [2.75, 3.05) is 11.8 Å². The quantitative estimate of drug-likeness (QED) is 0.876. The maximum Gasteiger partial charge on any atom is 0.343 e. The summed E-state index contributed by atoms with van der Waals surface area (Å²) < 4.78 is 57.9. The minimum atomic E-state index is -3.99. The minimum Gasteiger partial charge on any atom is -0.465 e. The number of sulfonamides is 1. The van der Waals surface area contributed by atoms with Crippen LogP contribution in [0.25, 0.3) is 0 Å². The number of halogens is 2.